The molecule has 0 spiro atoms. The number of carbonyl (C=O) groups is 3. The maximum Gasteiger partial charge on any atom is 0.306 e. The second-order valence-electron chi connectivity index (χ2n) is 21.0. The van der Waals surface area contributed by atoms with Crippen molar-refractivity contribution in [2.45, 2.75) is 341 Å². The van der Waals surface area contributed by atoms with Crippen LogP contribution in [0.5, 0.6) is 0 Å². The van der Waals surface area contributed by atoms with Crippen molar-refractivity contribution in [3.63, 3.8) is 0 Å². The van der Waals surface area contributed by atoms with E-state index < -0.39 is 6.10 Å². The molecule has 410 valence electrons. The van der Waals surface area contributed by atoms with Crippen molar-refractivity contribution in [2.24, 2.45) is 0 Å². The molecule has 0 aromatic rings. The van der Waals surface area contributed by atoms with Crippen molar-refractivity contribution < 1.29 is 28.6 Å². The molecule has 6 heteroatoms. The van der Waals surface area contributed by atoms with Crippen LogP contribution in [0.2, 0.25) is 0 Å². The van der Waals surface area contributed by atoms with Gasteiger partial charge in [0, 0.05) is 19.3 Å². The van der Waals surface area contributed by atoms with Gasteiger partial charge in [-0.05, 0) is 96.3 Å². The van der Waals surface area contributed by atoms with Gasteiger partial charge in [0.1, 0.15) is 13.2 Å². The number of hydrogen-bond donors (Lipinski definition) is 0. The smallest absolute Gasteiger partial charge is 0.306 e. The molecular formula is C64H118O6. The summed E-state index contributed by atoms with van der Waals surface area (Å²) in [6.07, 6.45) is 71.4. The van der Waals surface area contributed by atoms with Crippen molar-refractivity contribution in [1.29, 1.82) is 0 Å². The monoisotopic (exact) mass is 983 g/mol. The Bertz CT molecular complexity index is 1170. The fraction of sp³-hybridized carbons (Fsp3) is 0.859. The summed E-state index contributed by atoms with van der Waals surface area (Å²) < 4.78 is 16.9. The van der Waals surface area contributed by atoms with Crippen LogP contribution in [-0.2, 0) is 28.6 Å². The maximum absolute atomic E-state index is 12.9. The Morgan fingerprint density at radius 2 is 0.471 bits per heavy atom. The average Bonchev–Trinajstić information content (AvgIpc) is 3.36. The van der Waals surface area contributed by atoms with Crippen LogP contribution in [0.1, 0.15) is 335 Å². The number of unbranched alkanes of at least 4 members (excludes halogenated alkanes) is 40. The van der Waals surface area contributed by atoms with Crippen LogP contribution in [0, 0.1) is 0 Å². The molecule has 0 fully saturated rings. The van der Waals surface area contributed by atoms with Gasteiger partial charge in [-0.25, -0.2) is 0 Å². The molecule has 0 aromatic carbocycles. The van der Waals surface area contributed by atoms with Gasteiger partial charge in [-0.3, -0.25) is 14.4 Å². The molecule has 0 aliphatic carbocycles. The Kier molecular flexibility index (Phi) is 57.2. The minimum atomic E-state index is -0.782. The molecule has 0 aliphatic rings. The van der Waals surface area contributed by atoms with Gasteiger partial charge in [-0.1, -0.05) is 256 Å². The fourth-order valence-electron chi connectivity index (χ4n) is 9.13. The van der Waals surface area contributed by atoms with Crippen molar-refractivity contribution in [2.75, 3.05) is 13.2 Å². The highest BCUT2D eigenvalue weighted by Gasteiger charge is 2.19. The quantitative estimate of drug-likeness (QED) is 0.0261. The van der Waals surface area contributed by atoms with Gasteiger partial charge in [0.15, 0.2) is 6.10 Å². The summed E-state index contributed by atoms with van der Waals surface area (Å²) in [6, 6.07) is 0. The number of hydrogen-bond acceptors (Lipinski definition) is 6. The lowest BCUT2D eigenvalue weighted by molar-refractivity contribution is -0.167. The Morgan fingerprint density at radius 3 is 0.714 bits per heavy atom. The maximum atomic E-state index is 12.9. The number of ether oxygens (including phenoxy) is 3. The Morgan fingerprint density at radius 1 is 0.271 bits per heavy atom. The van der Waals surface area contributed by atoms with Crippen molar-refractivity contribution in [3.8, 4) is 0 Å². The van der Waals surface area contributed by atoms with Crippen LogP contribution in [-0.4, -0.2) is 37.2 Å². The normalized spacial score (nSPS) is 12.2. The molecule has 1 atom stereocenters. The van der Waals surface area contributed by atoms with Gasteiger partial charge in [-0.15, -0.1) is 0 Å². The molecule has 0 N–H and O–H groups in total. The average molecular weight is 984 g/mol. The van der Waals surface area contributed by atoms with E-state index in [1.807, 2.05) is 0 Å². The molecule has 0 saturated carbocycles. The van der Waals surface area contributed by atoms with Crippen LogP contribution in [0.15, 0.2) is 36.5 Å². The molecule has 0 aliphatic heterocycles. The first-order valence-corrected chi connectivity index (χ1v) is 31.0. The third kappa shape index (κ3) is 56.5. The summed E-state index contributed by atoms with van der Waals surface area (Å²) in [4.78, 5) is 38.2. The SMILES string of the molecule is CCCCCCCCC/C=C\CCCCCCCC(=O)OCC(COC(=O)CCCCCCC/C=C\CCCCCCCCCCC)OC(=O)CCCCCCC/C=C\CCCCCCCCCCC. The van der Waals surface area contributed by atoms with Gasteiger partial charge in [0.2, 0.25) is 0 Å². The fourth-order valence-corrected chi connectivity index (χ4v) is 9.13. The number of allylic oxidation sites excluding steroid dienone is 6. The van der Waals surface area contributed by atoms with Gasteiger partial charge in [-0.2, -0.15) is 0 Å². The highest BCUT2D eigenvalue weighted by atomic mass is 16.6. The summed E-state index contributed by atoms with van der Waals surface area (Å²) in [6.45, 7) is 6.67. The highest BCUT2D eigenvalue weighted by Crippen LogP contribution is 2.16. The lowest BCUT2D eigenvalue weighted by Gasteiger charge is -2.18. The second-order valence-corrected chi connectivity index (χ2v) is 21.0. The first-order chi connectivity index (χ1) is 34.5. The minimum absolute atomic E-state index is 0.0800. The minimum Gasteiger partial charge on any atom is -0.462 e. The number of esters is 3. The molecule has 0 rings (SSSR count). The Labute approximate surface area is 435 Å². The second kappa shape index (κ2) is 59.2. The largest absolute Gasteiger partial charge is 0.462 e. The summed E-state index contributed by atoms with van der Waals surface area (Å²) in [5, 5.41) is 0. The highest BCUT2D eigenvalue weighted by molar-refractivity contribution is 5.71. The van der Waals surface area contributed by atoms with E-state index in [0.29, 0.717) is 19.3 Å². The van der Waals surface area contributed by atoms with E-state index in [1.54, 1.807) is 0 Å². The third-order valence-corrected chi connectivity index (χ3v) is 13.8. The predicted molar refractivity (Wildman–Crippen MR) is 302 cm³/mol. The van der Waals surface area contributed by atoms with E-state index in [2.05, 4.69) is 57.2 Å². The molecule has 0 bridgehead atoms. The number of rotatable bonds is 57. The molecule has 70 heavy (non-hydrogen) atoms. The van der Waals surface area contributed by atoms with E-state index in [1.165, 1.54) is 218 Å². The van der Waals surface area contributed by atoms with Crippen LogP contribution in [0.4, 0.5) is 0 Å². The Hall–Kier alpha value is -2.37. The summed E-state index contributed by atoms with van der Waals surface area (Å²) in [5.74, 6) is -0.885. The van der Waals surface area contributed by atoms with Gasteiger partial charge < -0.3 is 14.2 Å². The molecular weight excluding hydrogens is 865 g/mol. The van der Waals surface area contributed by atoms with Gasteiger partial charge in [0.25, 0.3) is 0 Å². The standard InChI is InChI=1S/C64H118O6/c1-4-7-10-13-16-19-22-25-28-31-33-36-39-42-45-48-51-54-57-63(66)69-60-61(59-68-62(65)56-53-50-47-44-41-38-35-30-27-24-21-18-15-12-9-6-3)70-64(67)58-55-52-49-46-43-40-37-34-32-29-26-23-20-17-14-11-8-5-2/h30,33-37,61H,4-29,31-32,38-60H2,1-3H3/b35-30-,36-33-,37-34-. The first-order valence-electron chi connectivity index (χ1n) is 31.0. The third-order valence-electron chi connectivity index (χ3n) is 13.8. The molecule has 0 radical (unpaired) electrons. The van der Waals surface area contributed by atoms with Gasteiger partial charge >= 0.3 is 17.9 Å². The van der Waals surface area contributed by atoms with Crippen molar-refractivity contribution in [1.82, 2.24) is 0 Å². The predicted octanol–water partition coefficient (Wildman–Crippen LogP) is 20.8. The number of carbonyl (C=O) groups excluding carboxylic acids is 3. The van der Waals surface area contributed by atoms with E-state index in [9.17, 15) is 14.4 Å². The first kappa shape index (κ1) is 67.6. The molecule has 0 heterocycles. The van der Waals surface area contributed by atoms with Crippen molar-refractivity contribution in [3.05, 3.63) is 36.5 Å². The summed E-state index contributed by atoms with van der Waals surface area (Å²) >= 11 is 0. The molecule has 6 nitrogen and oxygen atoms in total. The molecule has 1 unspecified atom stereocenters. The van der Waals surface area contributed by atoms with Crippen molar-refractivity contribution >= 4 is 17.9 Å². The summed E-state index contributed by atoms with van der Waals surface area (Å²) in [7, 11) is 0. The lowest BCUT2D eigenvalue weighted by Crippen LogP contribution is -2.30. The zero-order chi connectivity index (χ0) is 50.7. The van der Waals surface area contributed by atoms with Crippen LogP contribution in [0.3, 0.4) is 0 Å². The zero-order valence-corrected chi connectivity index (χ0v) is 47.1. The zero-order valence-electron chi connectivity index (χ0n) is 47.1. The van der Waals surface area contributed by atoms with Crippen LogP contribution in [0.25, 0.3) is 0 Å². The molecule has 0 saturated heterocycles. The van der Waals surface area contributed by atoms with E-state index in [0.717, 1.165) is 77.0 Å². The van der Waals surface area contributed by atoms with Crippen LogP contribution < -0.4 is 0 Å². The molecule has 0 amide bonds. The summed E-state index contributed by atoms with van der Waals surface area (Å²) in [5.41, 5.74) is 0. The lowest BCUT2D eigenvalue weighted by atomic mass is 10.1. The van der Waals surface area contributed by atoms with Gasteiger partial charge in [0.05, 0.1) is 0 Å². The molecule has 0 aromatic heterocycles. The van der Waals surface area contributed by atoms with E-state index >= 15 is 0 Å². The topological polar surface area (TPSA) is 78.9 Å². The van der Waals surface area contributed by atoms with E-state index in [-0.39, 0.29) is 31.1 Å². The van der Waals surface area contributed by atoms with Crippen LogP contribution >= 0.6 is 0 Å². The Balaban J connectivity index is 4.38. The van der Waals surface area contributed by atoms with E-state index in [4.69, 9.17) is 14.2 Å².